The van der Waals surface area contributed by atoms with E-state index in [1.165, 1.54) is 16.7 Å². The van der Waals surface area contributed by atoms with Crippen LogP contribution in [0.15, 0.2) is 84.9 Å². The van der Waals surface area contributed by atoms with E-state index in [2.05, 4.69) is 90.9 Å². The Balaban J connectivity index is 1.52. The van der Waals surface area contributed by atoms with Crippen LogP contribution in [-0.4, -0.2) is 31.1 Å². The van der Waals surface area contributed by atoms with Crippen molar-refractivity contribution < 1.29 is 0 Å². The first-order valence-corrected chi connectivity index (χ1v) is 10.8. The smallest absolute Gasteiger partial charge is 0.0409 e. The second-order valence-electron chi connectivity index (χ2n) is 7.84. The molecular formula is C26H31ClN2. The van der Waals surface area contributed by atoms with E-state index in [-0.39, 0.29) is 0 Å². The molecule has 1 atom stereocenters. The van der Waals surface area contributed by atoms with E-state index >= 15 is 0 Å². The number of halogens is 1. The molecule has 1 unspecified atom stereocenters. The quantitative estimate of drug-likeness (QED) is 0.446. The number of hydrogen-bond donors (Lipinski definition) is 1. The van der Waals surface area contributed by atoms with Gasteiger partial charge in [-0.2, -0.15) is 0 Å². The minimum atomic E-state index is 0.408. The Kier molecular flexibility index (Phi) is 8.30. The van der Waals surface area contributed by atoms with Crippen LogP contribution in [0.5, 0.6) is 0 Å². The maximum absolute atomic E-state index is 6.08. The highest BCUT2D eigenvalue weighted by atomic mass is 35.5. The molecule has 0 amide bonds. The van der Waals surface area contributed by atoms with Crippen LogP contribution in [0.2, 0.25) is 5.02 Å². The Labute approximate surface area is 180 Å². The summed E-state index contributed by atoms with van der Waals surface area (Å²) in [5.41, 5.74) is 4.00. The molecule has 0 saturated carbocycles. The van der Waals surface area contributed by atoms with Crippen molar-refractivity contribution in [3.8, 4) is 0 Å². The fraction of sp³-hybridized carbons (Fsp3) is 0.308. The van der Waals surface area contributed by atoms with E-state index in [1.807, 2.05) is 18.2 Å². The summed E-state index contributed by atoms with van der Waals surface area (Å²) in [7, 11) is 2.21. The molecule has 0 saturated heterocycles. The summed E-state index contributed by atoms with van der Waals surface area (Å²) >= 11 is 6.08. The van der Waals surface area contributed by atoms with Crippen LogP contribution in [0.3, 0.4) is 0 Å². The van der Waals surface area contributed by atoms with E-state index in [4.69, 9.17) is 11.6 Å². The van der Waals surface area contributed by atoms with Crippen LogP contribution < -0.4 is 5.32 Å². The Morgan fingerprint density at radius 2 is 1.48 bits per heavy atom. The van der Waals surface area contributed by atoms with E-state index < -0.39 is 0 Å². The van der Waals surface area contributed by atoms with Crippen molar-refractivity contribution in [2.75, 3.05) is 20.1 Å². The van der Waals surface area contributed by atoms with Crippen LogP contribution >= 0.6 is 11.6 Å². The summed E-state index contributed by atoms with van der Waals surface area (Å²) in [6.07, 6.45) is 1.10. The number of hydrogen-bond acceptors (Lipinski definition) is 2. The van der Waals surface area contributed by atoms with Crippen molar-refractivity contribution in [1.82, 2.24) is 10.2 Å². The predicted octanol–water partition coefficient (Wildman–Crippen LogP) is 5.97. The van der Waals surface area contributed by atoms with E-state index in [9.17, 15) is 0 Å². The number of nitrogens with one attached hydrogen (secondary N) is 1. The molecule has 3 aromatic rings. The highest BCUT2D eigenvalue weighted by Gasteiger charge is 2.15. The van der Waals surface area contributed by atoms with Crippen molar-refractivity contribution in [3.05, 3.63) is 107 Å². The molecule has 0 aliphatic carbocycles. The average Bonchev–Trinajstić information content (AvgIpc) is 2.74. The summed E-state index contributed by atoms with van der Waals surface area (Å²) in [6, 6.07) is 30.2. The summed E-state index contributed by atoms with van der Waals surface area (Å²) in [5, 5.41) is 4.40. The maximum atomic E-state index is 6.08. The zero-order chi connectivity index (χ0) is 20.5. The first-order valence-electron chi connectivity index (χ1n) is 10.4. The highest BCUT2D eigenvalue weighted by Crippen LogP contribution is 2.27. The molecule has 0 spiro atoms. The topological polar surface area (TPSA) is 15.3 Å². The van der Waals surface area contributed by atoms with E-state index in [0.29, 0.717) is 12.0 Å². The van der Waals surface area contributed by atoms with Gasteiger partial charge in [0.1, 0.15) is 0 Å². The Bertz CT molecular complexity index is 811. The molecule has 3 aromatic carbocycles. The normalized spacial score (nSPS) is 12.4. The van der Waals surface area contributed by atoms with Gasteiger partial charge in [0.05, 0.1) is 0 Å². The lowest BCUT2D eigenvalue weighted by molar-refractivity contribution is 0.288. The predicted molar refractivity (Wildman–Crippen MR) is 125 cm³/mol. The third-order valence-corrected chi connectivity index (χ3v) is 5.57. The largest absolute Gasteiger partial charge is 0.309 e. The van der Waals surface area contributed by atoms with Gasteiger partial charge < -0.3 is 10.2 Å². The van der Waals surface area contributed by atoms with Gasteiger partial charge in [-0.3, -0.25) is 0 Å². The van der Waals surface area contributed by atoms with Crippen molar-refractivity contribution in [1.29, 1.82) is 0 Å². The molecule has 0 radical (unpaired) electrons. The lowest BCUT2D eigenvalue weighted by atomic mass is 9.88. The number of likely N-dealkylation sites (N-methyl/N-ethyl adjacent to an activating group) is 1. The summed E-state index contributed by atoms with van der Waals surface area (Å²) in [5.74, 6) is 0.426. The van der Waals surface area contributed by atoms with Gasteiger partial charge in [0.25, 0.3) is 0 Å². The average molecular weight is 407 g/mol. The molecule has 29 heavy (non-hydrogen) atoms. The van der Waals surface area contributed by atoms with Gasteiger partial charge in [-0.15, -0.1) is 0 Å². The van der Waals surface area contributed by atoms with Gasteiger partial charge in [0.2, 0.25) is 0 Å². The SMILES string of the molecule is CC(CN(C)CCC(c1ccccc1)c1ccccc1)NCc1cccc(Cl)c1. The number of rotatable bonds is 10. The van der Waals surface area contributed by atoms with Gasteiger partial charge in [-0.25, -0.2) is 0 Å². The first-order chi connectivity index (χ1) is 14.1. The zero-order valence-corrected chi connectivity index (χ0v) is 18.1. The monoisotopic (exact) mass is 406 g/mol. The van der Waals surface area contributed by atoms with Crippen LogP contribution in [0.25, 0.3) is 0 Å². The molecule has 152 valence electrons. The zero-order valence-electron chi connectivity index (χ0n) is 17.4. The second-order valence-corrected chi connectivity index (χ2v) is 8.27. The first kappa shape index (κ1) is 21.6. The second kappa shape index (κ2) is 11.2. The molecule has 0 bridgehead atoms. The van der Waals surface area contributed by atoms with Gasteiger partial charge in [-0.05, 0) is 55.8 Å². The molecule has 3 rings (SSSR count). The summed E-state index contributed by atoms with van der Waals surface area (Å²) < 4.78 is 0. The fourth-order valence-electron chi connectivity index (χ4n) is 3.81. The summed E-state index contributed by atoms with van der Waals surface area (Å²) in [6.45, 7) is 5.15. The van der Waals surface area contributed by atoms with Crippen molar-refractivity contribution in [2.24, 2.45) is 0 Å². The minimum Gasteiger partial charge on any atom is -0.309 e. The van der Waals surface area contributed by atoms with Gasteiger partial charge in [0.15, 0.2) is 0 Å². The standard InChI is InChI=1S/C26H31ClN2/c1-21(28-19-22-10-9-15-25(27)18-22)20-29(2)17-16-26(23-11-5-3-6-12-23)24-13-7-4-8-14-24/h3-15,18,21,26,28H,16-17,19-20H2,1-2H3. The molecule has 1 N–H and O–H groups in total. The number of benzene rings is 3. The molecular weight excluding hydrogens is 376 g/mol. The van der Waals surface area contributed by atoms with E-state index in [0.717, 1.165) is 31.1 Å². The fourth-order valence-corrected chi connectivity index (χ4v) is 4.02. The Hall–Kier alpha value is -2.13. The molecule has 0 aliphatic rings. The minimum absolute atomic E-state index is 0.408. The molecule has 0 heterocycles. The van der Waals surface area contributed by atoms with E-state index in [1.54, 1.807) is 0 Å². The summed E-state index contributed by atoms with van der Waals surface area (Å²) in [4.78, 5) is 2.43. The van der Waals surface area contributed by atoms with Crippen LogP contribution in [0, 0.1) is 0 Å². The molecule has 2 nitrogen and oxygen atoms in total. The van der Waals surface area contributed by atoms with Gasteiger partial charge in [-0.1, -0.05) is 84.4 Å². The van der Waals surface area contributed by atoms with Crippen molar-refractivity contribution in [2.45, 2.75) is 31.8 Å². The van der Waals surface area contributed by atoms with Crippen molar-refractivity contribution in [3.63, 3.8) is 0 Å². The highest BCUT2D eigenvalue weighted by molar-refractivity contribution is 6.30. The molecule has 0 aromatic heterocycles. The van der Waals surface area contributed by atoms with Gasteiger partial charge in [0, 0.05) is 30.1 Å². The van der Waals surface area contributed by atoms with Crippen molar-refractivity contribution >= 4 is 11.6 Å². The molecule has 0 fully saturated rings. The third-order valence-electron chi connectivity index (χ3n) is 5.33. The third kappa shape index (κ3) is 7.01. The van der Waals surface area contributed by atoms with Gasteiger partial charge >= 0.3 is 0 Å². The molecule has 3 heteroatoms. The maximum Gasteiger partial charge on any atom is 0.0409 e. The van der Waals surface area contributed by atoms with Crippen LogP contribution in [-0.2, 0) is 6.54 Å². The molecule has 0 aliphatic heterocycles. The lowest BCUT2D eigenvalue weighted by Crippen LogP contribution is -2.37. The van der Waals surface area contributed by atoms with Crippen LogP contribution in [0.1, 0.15) is 36.0 Å². The Morgan fingerprint density at radius 3 is 2.07 bits per heavy atom. The Morgan fingerprint density at radius 1 is 0.862 bits per heavy atom. The number of nitrogens with zero attached hydrogens (tertiary/aromatic N) is 1. The van der Waals surface area contributed by atoms with Crippen LogP contribution in [0.4, 0.5) is 0 Å². The lowest BCUT2D eigenvalue weighted by Gasteiger charge is -2.25.